The van der Waals surface area contributed by atoms with Gasteiger partial charge in [-0.2, -0.15) is 18.4 Å². The van der Waals surface area contributed by atoms with Crippen LogP contribution in [0.1, 0.15) is 45.9 Å². The first-order chi connectivity index (χ1) is 14.8. The number of thioether (sulfide) groups is 1. The Balaban J connectivity index is 1.49. The van der Waals surface area contributed by atoms with E-state index in [0.717, 1.165) is 30.8 Å². The molecule has 0 aromatic carbocycles. The molecule has 1 amide bonds. The zero-order chi connectivity index (χ0) is 22.2. The molecule has 31 heavy (non-hydrogen) atoms. The first-order valence-electron chi connectivity index (χ1n) is 9.88. The van der Waals surface area contributed by atoms with Crippen molar-refractivity contribution in [2.45, 2.75) is 30.0 Å². The number of halogens is 3. The van der Waals surface area contributed by atoms with Gasteiger partial charge in [0, 0.05) is 44.0 Å². The molecule has 10 heteroatoms. The smallest absolute Gasteiger partial charge is 0.353 e. The Labute approximate surface area is 182 Å². The van der Waals surface area contributed by atoms with Gasteiger partial charge in [0.15, 0.2) is 0 Å². The van der Waals surface area contributed by atoms with Crippen molar-refractivity contribution in [3.8, 4) is 6.07 Å². The zero-order valence-electron chi connectivity index (χ0n) is 16.8. The molecule has 162 valence electrons. The molecule has 1 saturated carbocycles. The zero-order valence-corrected chi connectivity index (χ0v) is 17.6. The molecular formula is C21H20F3N5OS. The van der Waals surface area contributed by atoms with Gasteiger partial charge in [0.25, 0.3) is 5.91 Å². The molecule has 0 spiro atoms. The number of amides is 1. The minimum Gasteiger partial charge on any atom is -0.353 e. The van der Waals surface area contributed by atoms with Crippen LogP contribution in [0.15, 0.2) is 29.4 Å². The summed E-state index contributed by atoms with van der Waals surface area (Å²) >= 11 is 1.36. The van der Waals surface area contributed by atoms with Gasteiger partial charge in [0.2, 0.25) is 0 Å². The lowest BCUT2D eigenvalue weighted by atomic mass is 10.1. The Hall–Kier alpha value is -2.80. The van der Waals surface area contributed by atoms with Gasteiger partial charge in [-0.15, -0.1) is 11.8 Å². The lowest BCUT2D eigenvalue weighted by Crippen LogP contribution is -2.49. The van der Waals surface area contributed by atoms with E-state index in [2.05, 4.69) is 16.0 Å². The number of pyridine rings is 2. The van der Waals surface area contributed by atoms with Crippen LogP contribution in [0.2, 0.25) is 0 Å². The Morgan fingerprint density at radius 1 is 1.23 bits per heavy atom. The Kier molecular flexibility index (Phi) is 5.79. The van der Waals surface area contributed by atoms with Crippen molar-refractivity contribution in [3.05, 3.63) is 46.8 Å². The molecule has 1 aliphatic heterocycles. The predicted molar refractivity (Wildman–Crippen MR) is 110 cm³/mol. The van der Waals surface area contributed by atoms with Gasteiger partial charge in [0.1, 0.15) is 16.9 Å². The molecule has 2 aromatic heterocycles. The summed E-state index contributed by atoms with van der Waals surface area (Å²) in [5.41, 5.74) is 0.751. The molecule has 2 fully saturated rings. The number of nitriles is 1. The molecule has 0 N–H and O–H groups in total. The summed E-state index contributed by atoms with van der Waals surface area (Å²) in [6.45, 7) is 1.67. The van der Waals surface area contributed by atoms with Gasteiger partial charge in [-0.1, -0.05) is 0 Å². The lowest BCUT2D eigenvalue weighted by molar-refractivity contribution is -0.137. The van der Waals surface area contributed by atoms with E-state index in [-0.39, 0.29) is 5.91 Å². The molecule has 0 atom stereocenters. The van der Waals surface area contributed by atoms with Crippen molar-refractivity contribution in [2.24, 2.45) is 0 Å². The van der Waals surface area contributed by atoms with Gasteiger partial charge in [-0.25, -0.2) is 9.97 Å². The quantitative estimate of drug-likeness (QED) is 0.662. The summed E-state index contributed by atoms with van der Waals surface area (Å²) in [6, 6.07) is 6.25. The summed E-state index contributed by atoms with van der Waals surface area (Å²) < 4.78 is 38.2. The number of hydrogen-bond donors (Lipinski definition) is 0. The molecule has 2 aliphatic rings. The van der Waals surface area contributed by atoms with Gasteiger partial charge in [-0.3, -0.25) is 4.79 Å². The molecule has 6 nitrogen and oxygen atoms in total. The predicted octanol–water partition coefficient (Wildman–Crippen LogP) is 3.93. The average molecular weight is 447 g/mol. The first kappa shape index (κ1) is 21.4. The van der Waals surface area contributed by atoms with Gasteiger partial charge in [-0.05, 0) is 37.3 Å². The molecule has 3 heterocycles. The Morgan fingerprint density at radius 3 is 2.45 bits per heavy atom. The fourth-order valence-corrected chi connectivity index (χ4v) is 4.16. The number of carbonyl (C=O) groups excluding carboxylic acids is 1. The average Bonchev–Trinajstić information content (AvgIpc) is 3.63. The van der Waals surface area contributed by atoms with Crippen LogP contribution in [-0.2, 0) is 6.18 Å². The highest BCUT2D eigenvalue weighted by molar-refractivity contribution is 7.98. The molecule has 0 radical (unpaired) electrons. The molecule has 0 unspecified atom stereocenters. The maximum absolute atomic E-state index is 13.2. The highest BCUT2D eigenvalue weighted by atomic mass is 32.2. The Morgan fingerprint density at radius 2 is 1.94 bits per heavy atom. The minimum absolute atomic E-state index is 0.212. The van der Waals surface area contributed by atoms with Crippen molar-refractivity contribution in [1.29, 1.82) is 5.26 Å². The standard InChI is InChI=1S/C21H20F3N5OS/c1-31-19-16(11-25)15(10-17(27-19)13-2-3-13)20(30)29-8-6-28(7-9-29)18-5-4-14(12-26-18)21(22,23)24/h4-5,10,12-13H,2-3,6-9H2,1H3. The molecule has 4 rings (SSSR count). The number of aromatic nitrogens is 2. The third-order valence-electron chi connectivity index (χ3n) is 5.50. The van der Waals surface area contributed by atoms with Crippen molar-refractivity contribution in [2.75, 3.05) is 37.3 Å². The second kappa shape index (κ2) is 8.38. The number of carbonyl (C=O) groups is 1. The van der Waals surface area contributed by atoms with E-state index in [0.29, 0.717) is 54.1 Å². The summed E-state index contributed by atoms with van der Waals surface area (Å²) in [7, 11) is 0. The van der Waals surface area contributed by atoms with Crippen LogP contribution in [0, 0.1) is 11.3 Å². The van der Waals surface area contributed by atoms with Crippen molar-refractivity contribution in [3.63, 3.8) is 0 Å². The van der Waals surface area contributed by atoms with Crippen LogP contribution in [0.3, 0.4) is 0 Å². The second-order valence-corrected chi connectivity index (χ2v) is 8.34. The Bertz CT molecular complexity index is 1020. The van der Waals surface area contributed by atoms with Crippen LogP contribution < -0.4 is 4.90 Å². The van der Waals surface area contributed by atoms with E-state index >= 15 is 0 Å². The molecule has 1 aliphatic carbocycles. The third-order valence-corrected chi connectivity index (χ3v) is 6.19. The van der Waals surface area contributed by atoms with E-state index in [9.17, 15) is 23.2 Å². The maximum Gasteiger partial charge on any atom is 0.417 e. The van der Waals surface area contributed by atoms with Crippen LogP contribution in [0.4, 0.5) is 19.0 Å². The summed E-state index contributed by atoms with van der Waals surface area (Å²) in [4.78, 5) is 25.2. The first-order valence-corrected chi connectivity index (χ1v) is 11.1. The highest BCUT2D eigenvalue weighted by Crippen LogP contribution is 2.40. The maximum atomic E-state index is 13.2. The molecular weight excluding hydrogens is 427 g/mol. The third kappa shape index (κ3) is 4.46. The molecule has 0 bridgehead atoms. The van der Waals surface area contributed by atoms with E-state index in [1.807, 2.05) is 11.2 Å². The number of alkyl halides is 3. The summed E-state index contributed by atoms with van der Waals surface area (Å²) in [5.74, 6) is 0.589. The number of hydrogen-bond acceptors (Lipinski definition) is 6. The monoisotopic (exact) mass is 447 g/mol. The van der Waals surface area contributed by atoms with Crippen molar-refractivity contribution >= 4 is 23.5 Å². The van der Waals surface area contributed by atoms with Crippen LogP contribution >= 0.6 is 11.8 Å². The van der Waals surface area contributed by atoms with E-state index in [4.69, 9.17) is 0 Å². The lowest BCUT2D eigenvalue weighted by Gasteiger charge is -2.35. The molecule has 1 saturated heterocycles. The van der Waals surface area contributed by atoms with Gasteiger partial charge < -0.3 is 9.80 Å². The van der Waals surface area contributed by atoms with E-state index in [1.165, 1.54) is 17.8 Å². The van der Waals surface area contributed by atoms with Crippen LogP contribution in [-0.4, -0.2) is 53.2 Å². The topological polar surface area (TPSA) is 73.1 Å². The van der Waals surface area contributed by atoms with Gasteiger partial charge >= 0.3 is 6.18 Å². The minimum atomic E-state index is -4.42. The SMILES string of the molecule is CSc1nc(C2CC2)cc(C(=O)N2CCN(c3ccc(C(F)(F)F)cn3)CC2)c1C#N. The normalized spacial score (nSPS) is 16.9. The van der Waals surface area contributed by atoms with Crippen LogP contribution in [0.5, 0.6) is 0 Å². The fourth-order valence-electron chi connectivity index (χ4n) is 3.60. The number of anilines is 1. The van der Waals surface area contributed by atoms with Crippen LogP contribution in [0.25, 0.3) is 0 Å². The van der Waals surface area contributed by atoms with E-state index < -0.39 is 11.7 Å². The van der Waals surface area contributed by atoms with E-state index in [1.54, 1.807) is 11.0 Å². The molecule has 2 aromatic rings. The highest BCUT2D eigenvalue weighted by Gasteiger charge is 2.32. The largest absolute Gasteiger partial charge is 0.417 e. The van der Waals surface area contributed by atoms with Crippen molar-refractivity contribution in [1.82, 2.24) is 14.9 Å². The summed E-state index contributed by atoms with van der Waals surface area (Å²) in [6.07, 6.45) is 0.323. The number of piperazine rings is 1. The van der Waals surface area contributed by atoms with Gasteiger partial charge in [0.05, 0.1) is 16.7 Å². The number of nitrogens with zero attached hydrogens (tertiary/aromatic N) is 5. The fraction of sp³-hybridized carbons (Fsp3) is 0.429. The van der Waals surface area contributed by atoms with Crippen molar-refractivity contribution < 1.29 is 18.0 Å². The second-order valence-electron chi connectivity index (χ2n) is 7.55. The summed E-state index contributed by atoms with van der Waals surface area (Å²) in [5, 5.41) is 10.2. The number of rotatable bonds is 4.